The Kier molecular flexibility index (Phi) is 4.17. The van der Waals surface area contributed by atoms with Crippen LogP contribution in [0.4, 0.5) is 0 Å². The highest BCUT2D eigenvalue weighted by molar-refractivity contribution is 7.12. The minimum atomic E-state index is 0.0910. The Morgan fingerprint density at radius 1 is 1.24 bits per heavy atom. The summed E-state index contributed by atoms with van der Waals surface area (Å²) in [5, 5.41) is 6.13. The molecule has 1 saturated carbocycles. The van der Waals surface area contributed by atoms with Gasteiger partial charge in [-0.15, -0.1) is 11.3 Å². The minimum absolute atomic E-state index is 0.0910. The van der Waals surface area contributed by atoms with Gasteiger partial charge in [-0.25, -0.2) is 0 Å². The van der Waals surface area contributed by atoms with Gasteiger partial charge < -0.3 is 9.42 Å². The first-order chi connectivity index (χ1) is 12.1. The molecule has 0 bridgehead atoms. The van der Waals surface area contributed by atoms with Crippen LogP contribution < -0.4 is 0 Å². The van der Waals surface area contributed by atoms with E-state index in [2.05, 4.69) is 31.1 Å². The Balaban J connectivity index is 1.55. The zero-order valence-corrected chi connectivity index (χ0v) is 15.2. The van der Waals surface area contributed by atoms with Gasteiger partial charge in [0.15, 0.2) is 5.76 Å². The molecule has 3 aromatic rings. The molecule has 128 valence electrons. The molecular weight excluding hydrogens is 332 g/mol. The normalized spacial score (nSPS) is 13.8. The molecule has 0 atom stereocenters. The summed E-state index contributed by atoms with van der Waals surface area (Å²) in [5.74, 6) is 0.839. The molecule has 0 saturated heterocycles. The van der Waals surface area contributed by atoms with Crippen LogP contribution in [0, 0.1) is 13.8 Å². The van der Waals surface area contributed by atoms with E-state index in [9.17, 15) is 4.79 Å². The lowest BCUT2D eigenvalue weighted by molar-refractivity contribution is 0.0731. The maximum atomic E-state index is 12.7. The fraction of sp³-hybridized carbons (Fsp3) is 0.300. The number of amides is 1. The van der Waals surface area contributed by atoms with Crippen molar-refractivity contribution in [2.45, 2.75) is 39.3 Å². The van der Waals surface area contributed by atoms with Gasteiger partial charge in [-0.1, -0.05) is 23.4 Å². The summed E-state index contributed by atoms with van der Waals surface area (Å²) in [5.41, 5.74) is 4.29. The monoisotopic (exact) mass is 352 g/mol. The molecule has 0 spiro atoms. The maximum Gasteiger partial charge on any atom is 0.264 e. The lowest BCUT2D eigenvalue weighted by Gasteiger charge is -2.20. The number of hydrogen-bond acceptors (Lipinski definition) is 4. The summed E-state index contributed by atoms with van der Waals surface area (Å²) in [6.07, 6.45) is 2.14. The van der Waals surface area contributed by atoms with E-state index in [0.29, 0.717) is 12.6 Å². The first-order valence-electron chi connectivity index (χ1n) is 8.49. The third-order valence-electron chi connectivity index (χ3n) is 4.66. The molecule has 0 aliphatic heterocycles. The molecule has 1 aliphatic carbocycles. The first-order valence-corrected chi connectivity index (χ1v) is 9.37. The quantitative estimate of drug-likeness (QED) is 0.661. The average Bonchev–Trinajstić information content (AvgIpc) is 3.11. The number of benzene rings is 1. The van der Waals surface area contributed by atoms with Crippen molar-refractivity contribution >= 4 is 17.2 Å². The molecule has 1 fully saturated rings. The van der Waals surface area contributed by atoms with Crippen LogP contribution in [0.1, 0.15) is 39.3 Å². The molecular formula is C20H20N2O2S. The Bertz CT molecular complexity index is 894. The maximum absolute atomic E-state index is 12.7. The molecule has 25 heavy (non-hydrogen) atoms. The third kappa shape index (κ3) is 3.37. The number of carbonyl (C=O) groups is 1. The van der Waals surface area contributed by atoms with Crippen molar-refractivity contribution in [2.24, 2.45) is 0 Å². The zero-order valence-electron chi connectivity index (χ0n) is 14.4. The van der Waals surface area contributed by atoms with Crippen LogP contribution in [-0.2, 0) is 6.54 Å². The van der Waals surface area contributed by atoms with Gasteiger partial charge in [-0.2, -0.15) is 0 Å². The molecule has 0 radical (unpaired) electrons. The van der Waals surface area contributed by atoms with Crippen molar-refractivity contribution < 1.29 is 9.32 Å². The Labute approximate surface area is 151 Å². The van der Waals surface area contributed by atoms with Crippen molar-refractivity contribution in [2.75, 3.05) is 0 Å². The molecule has 4 nitrogen and oxygen atoms in total. The first kappa shape index (κ1) is 16.1. The van der Waals surface area contributed by atoms with Crippen molar-refractivity contribution in [1.29, 1.82) is 0 Å². The van der Waals surface area contributed by atoms with Crippen LogP contribution in [0.25, 0.3) is 11.3 Å². The predicted molar refractivity (Wildman–Crippen MR) is 98.6 cm³/mol. The van der Waals surface area contributed by atoms with Crippen LogP contribution in [0.3, 0.4) is 0 Å². The van der Waals surface area contributed by atoms with Gasteiger partial charge in [-0.05, 0) is 55.3 Å². The second kappa shape index (κ2) is 6.48. The van der Waals surface area contributed by atoms with Gasteiger partial charge in [0.2, 0.25) is 0 Å². The van der Waals surface area contributed by atoms with Crippen molar-refractivity contribution in [1.82, 2.24) is 10.1 Å². The van der Waals surface area contributed by atoms with E-state index in [1.54, 1.807) is 0 Å². The molecule has 1 aromatic carbocycles. The number of rotatable bonds is 5. The smallest absolute Gasteiger partial charge is 0.264 e. The summed E-state index contributed by atoms with van der Waals surface area (Å²) in [6.45, 7) is 4.68. The van der Waals surface area contributed by atoms with Crippen LogP contribution in [-0.4, -0.2) is 22.0 Å². The summed E-state index contributed by atoms with van der Waals surface area (Å²) in [6, 6.07) is 12.3. The van der Waals surface area contributed by atoms with Crippen molar-refractivity contribution in [3.63, 3.8) is 0 Å². The number of aromatic nitrogens is 1. The molecule has 0 unspecified atom stereocenters. The summed E-state index contributed by atoms with van der Waals surface area (Å²) >= 11 is 1.49. The molecule has 4 rings (SSSR count). The molecule has 1 amide bonds. The number of aryl methyl sites for hydroxylation is 2. The largest absolute Gasteiger partial charge is 0.356 e. The van der Waals surface area contributed by atoms with Gasteiger partial charge >= 0.3 is 0 Å². The minimum Gasteiger partial charge on any atom is -0.356 e. The number of nitrogens with zero attached hydrogens (tertiary/aromatic N) is 2. The summed E-state index contributed by atoms with van der Waals surface area (Å²) in [7, 11) is 0. The van der Waals surface area contributed by atoms with Crippen LogP contribution in [0.5, 0.6) is 0 Å². The lowest BCUT2D eigenvalue weighted by Crippen LogP contribution is -2.32. The predicted octanol–water partition coefficient (Wildman–Crippen LogP) is 4.82. The fourth-order valence-electron chi connectivity index (χ4n) is 2.89. The van der Waals surface area contributed by atoms with Gasteiger partial charge in [0.1, 0.15) is 5.69 Å². The lowest BCUT2D eigenvalue weighted by atomic mass is 10.0. The molecule has 1 aliphatic rings. The van der Waals surface area contributed by atoms with Gasteiger partial charge in [0.05, 0.1) is 11.4 Å². The Morgan fingerprint density at radius 2 is 2.08 bits per heavy atom. The van der Waals surface area contributed by atoms with E-state index in [0.717, 1.165) is 34.7 Å². The SMILES string of the molecule is Cc1ccc(-c2cc(CN(C(=O)c3cccs3)C3CC3)no2)cc1C. The number of thiophene rings is 1. The van der Waals surface area contributed by atoms with E-state index < -0.39 is 0 Å². The highest BCUT2D eigenvalue weighted by Crippen LogP contribution is 2.31. The van der Waals surface area contributed by atoms with E-state index in [1.807, 2.05) is 34.5 Å². The molecule has 2 aromatic heterocycles. The molecule has 0 N–H and O–H groups in total. The van der Waals surface area contributed by atoms with Gasteiger partial charge in [-0.3, -0.25) is 4.79 Å². The van der Waals surface area contributed by atoms with Gasteiger partial charge in [0, 0.05) is 17.7 Å². The zero-order chi connectivity index (χ0) is 17.4. The van der Waals surface area contributed by atoms with E-state index in [1.165, 1.54) is 22.5 Å². The molecule has 5 heteroatoms. The summed E-state index contributed by atoms with van der Waals surface area (Å²) in [4.78, 5) is 15.4. The van der Waals surface area contributed by atoms with Crippen LogP contribution >= 0.6 is 11.3 Å². The Morgan fingerprint density at radius 3 is 2.76 bits per heavy atom. The summed E-state index contributed by atoms with van der Waals surface area (Å²) < 4.78 is 5.53. The Hall–Kier alpha value is -2.40. The fourth-order valence-corrected chi connectivity index (χ4v) is 3.57. The van der Waals surface area contributed by atoms with E-state index >= 15 is 0 Å². The highest BCUT2D eigenvalue weighted by atomic mass is 32.1. The highest BCUT2D eigenvalue weighted by Gasteiger charge is 2.34. The van der Waals surface area contributed by atoms with Crippen LogP contribution in [0.15, 0.2) is 46.3 Å². The number of hydrogen-bond donors (Lipinski definition) is 0. The van der Waals surface area contributed by atoms with E-state index in [4.69, 9.17) is 4.52 Å². The van der Waals surface area contributed by atoms with Crippen molar-refractivity contribution in [3.8, 4) is 11.3 Å². The molecule has 2 heterocycles. The second-order valence-corrected chi connectivity index (χ2v) is 7.57. The van der Waals surface area contributed by atoms with Crippen LogP contribution in [0.2, 0.25) is 0 Å². The van der Waals surface area contributed by atoms with Crippen molar-refractivity contribution in [3.05, 3.63) is 63.5 Å². The van der Waals surface area contributed by atoms with E-state index in [-0.39, 0.29) is 5.91 Å². The second-order valence-electron chi connectivity index (χ2n) is 6.62. The third-order valence-corrected chi connectivity index (χ3v) is 5.52. The topological polar surface area (TPSA) is 46.3 Å². The average molecular weight is 352 g/mol. The van der Waals surface area contributed by atoms with Gasteiger partial charge in [0.25, 0.3) is 5.91 Å². The standard InChI is InChI=1S/C20H20N2O2S/c1-13-5-6-15(10-14(13)2)18-11-16(21-24-18)12-22(17-7-8-17)20(23)19-4-3-9-25-19/h3-6,9-11,17H,7-8,12H2,1-2H3. The number of carbonyl (C=O) groups excluding carboxylic acids is 1.